The molecule has 3 rings (SSSR count). The molecule has 1 saturated heterocycles. The fourth-order valence-corrected chi connectivity index (χ4v) is 2.89. The van der Waals surface area contributed by atoms with Gasteiger partial charge in [0.25, 0.3) is 0 Å². The normalized spacial score (nSPS) is 12.7. The summed E-state index contributed by atoms with van der Waals surface area (Å²) in [5.74, 6) is 0.683. The van der Waals surface area contributed by atoms with Gasteiger partial charge in [-0.2, -0.15) is 0 Å². The Morgan fingerprint density at radius 1 is 0.931 bits per heavy atom. The molecule has 29 heavy (non-hydrogen) atoms. The monoisotopic (exact) mass is 399 g/mol. The molecule has 0 unspecified atom stereocenters. The predicted molar refractivity (Wildman–Crippen MR) is 117 cm³/mol. The van der Waals surface area contributed by atoms with Crippen molar-refractivity contribution in [3.8, 4) is 0 Å². The predicted octanol–water partition coefficient (Wildman–Crippen LogP) is 3.81. The van der Waals surface area contributed by atoms with Crippen LogP contribution in [0.1, 0.15) is 43.6 Å². The van der Waals surface area contributed by atoms with E-state index in [0.29, 0.717) is 25.1 Å². The minimum atomic E-state index is -0.372. The van der Waals surface area contributed by atoms with Gasteiger partial charge in [0, 0.05) is 32.4 Å². The van der Waals surface area contributed by atoms with Crippen LogP contribution in [0.2, 0.25) is 0 Å². The van der Waals surface area contributed by atoms with E-state index in [-0.39, 0.29) is 11.9 Å². The number of anilines is 1. The summed E-state index contributed by atoms with van der Waals surface area (Å²) in [6.45, 7) is 10.9. The zero-order valence-electron chi connectivity index (χ0n) is 18.2. The molecule has 6 heteroatoms. The highest BCUT2D eigenvalue weighted by atomic mass is 16.5. The van der Waals surface area contributed by atoms with E-state index in [0.717, 1.165) is 24.5 Å². The maximum atomic E-state index is 12.5. The van der Waals surface area contributed by atoms with E-state index < -0.39 is 0 Å². The van der Waals surface area contributed by atoms with Crippen molar-refractivity contribution < 1.29 is 14.3 Å². The standard InChI is InChI=1S/C19H21N3O3.2C2H6/c1-25-19(24)16-7-5-15(6-8-16)14-18(23)22-12-10-21(11-13-22)17-4-2-3-9-20-17;2*1-2/h2-9H,10-14H2,1H3;2*1-2H3. The van der Waals surface area contributed by atoms with Crippen molar-refractivity contribution in [2.45, 2.75) is 34.1 Å². The number of amides is 1. The number of hydrogen-bond donors (Lipinski definition) is 0. The molecule has 0 radical (unpaired) electrons. The van der Waals surface area contributed by atoms with Gasteiger partial charge in [0.05, 0.1) is 19.1 Å². The Hall–Kier alpha value is -2.89. The molecule has 1 fully saturated rings. The van der Waals surface area contributed by atoms with E-state index >= 15 is 0 Å². The number of esters is 1. The lowest BCUT2D eigenvalue weighted by atomic mass is 10.1. The highest BCUT2D eigenvalue weighted by molar-refractivity contribution is 5.89. The molecule has 1 aliphatic rings. The lowest BCUT2D eigenvalue weighted by molar-refractivity contribution is -0.130. The molecule has 1 aliphatic heterocycles. The van der Waals surface area contributed by atoms with E-state index in [9.17, 15) is 9.59 Å². The van der Waals surface area contributed by atoms with Crippen molar-refractivity contribution in [2.75, 3.05) is 38.2 Å². The third-order valence-electron chi connectivity index (χ3n) is 4.34. The highest BCUT2D eigenvalue weighted by Crippen LogP contribution is 2.14. The van der Waals surface area contributed by atoms with Crippen molar-refractivity contribution in [1.82, 2.24) is 9.88 Å². The summed E-state index contributed by atoms with van der Waals surface area (Å²) >= 11 is 0. The number of benzene rings is 1. The molecule has 0 bridgehead atoms. The Bertz CT molecular complexity index is 725. The second-order valence-electron chi connectivity index (χ2n) is 5.92. The average molecular weight is 400 g/mol. The molecule has 1 aromatic heterocycles. The zero-order chi connectivity index (χ0) is 21.6. The summed E-state index contributed by atoms with van der Waals surface area (Å²) in [4.78, 5) is 32.3. The van der Waals surface area contributed by atoms with E-state index in [1.807, 2.05) is 50.8 Å². The van der Waals surface area contributed by atoms with Crippen LogP contribution in [0.4, 0.5) is 5.82 Å². The Balaban J connectivity index is 0.000000989. The number of hydrogen-bond acceptors (Lipinski definition) is 5. The van der Waals surface area contributed by atoms with Gasteiger partial charge in [-0.05, 0) is 29.8 Å². The largest absolute Gasteiger partial charge is 0.465 e. The lowest BCUT2D eigenvalue weighted by Gasteiger charge is -2.35. The summed E-state index contributed by atoms with van der Waals surface area (Å²) < 4.78 is 4.68. The molecule has 2 heterocycles. The number of nitrogens with zero attached hydrogens (tertiary/aromatic N) is 3. The van der Waals surface area contributed by atoms with Gasteiger partial charge in [-0.25, -0.2) is 9.78 Å². The molecule has 0 spiro atoms. The first-order valence-corrected chi connectivity index (χ1v) is 10.3. The van der Waals surface area contributed by atoms with Crippen LogP contribution in [0.25, 0.3) is 0 Å². The van der Waals surface area contributed by atoms with Gasteiger partial charge in [0.2, 0.25) is 5.91 Å². The fraction of sp³-hybridized carbons (Fsp3) is 0.435. The molecular weight excluding hydrogens is 366 g/mol. The van der Waals surface area contributed by atoms with E-state index in [2.05, 4.69) is 14.6 Å². The number of ether oxygens (including phenoxy) is 1. The van der Waals surface area contributed by atoms with Crippen molar-refractivity contribution in [3.63, 3.8) is 0 Å². The average Bonchev–Trinajstić information content (AvgIpc) is 2.82. The van der Waals surface area contributed by atoms with Gasteiger partial charge >= 0.3 is 5.97 Å². The van der Waals surface area contributed by atoms with Crippen LogP contribution in [0.5, 0.6) is 0 Å². The lowest BCUT2D eigenvalue weighted by Crippen LogP contribution is -2.49. The first-order chi connectivity index (χ1) is 14.2. The number of piperazine rings is 1. The Labute approximate surface area is 174 Å². The van der Waals surface area contributed by atoms with E-state index in [1.54, 1.807) is 30.5 Å². The maximum Gasteiger partial charge on any atom is 0.337 e. The van der Waals surface area contributed by atoms with Crippen molar-refractivity contribution >= 4 is 17.7 Å². The third kappa shape index (κ3) is 7.22. The Kier molecular flexibility index (Phi) is 11.1. The molecule has 6 nitrogen and oxygen atoms in total. The minimum absolute atomic E-state index is 0.103. The van der Waals surface area contributed by atoms with Gasteiger partial charge in [-0.1, -0.05) is 45.9 Å². The number of carbonyl (C=O) groups excluding carboxylic acids is 2. The summed E-state index contributed by atoms with van der Waals surface area (Å²) in [6.07, 6.45) is 2.12. The van der Waals surface area contributed by atoms with Crippen LogP contribution in [-0.2, 0) is 16.0 Å². The molecule has 0 atom stereocenters. The topological polar surface area (TPSA) is 62.7 Å². The van der Waals surface area contributed by atoms with Crippen LogP contribution < -0.4 is 4.90 Å². The first-order valence-electron chi connectivity index (χ1n) is 10.3. The maximum absolute atomic E-state index is 12.5. The molecule has 1 amide bonds. The SMILES string of the molecule is CC.CC.COC(=O)c1ccc(CC(=O)N2CCN(c3ccccn3)CC2)cc1. The van der Waals surface area contributed by atoms with Crippen LogP contribution >= 0.6 is 0 Å². The highest BCUT2D eigenvalue weighted by Gasteiger charge is 2.21. The summed E-state index contributed by atoms with van der Waals surface area (Å²) in [5, 5.41) is 0. The molecule has 0 N–H and O–H groups in total. The zero-order valence-corrected chi connectivity index (χ0v) is 18.2. The number of rotatable bonds is 4. The van der Waals surface area contributed by atoms with Crippen LogP contribution in [0.3, 0.4) is 0 Å². The van der Waals surface area contributed by atoms with Crippen LogP contribution in [0.15, 0.2) is 48.7 Å². The van der Waals surface area contributed by atoms with Gasteiger partial charge in [0.1, 0.15) is 5.82 Å². The van der Waals surface area contributed by atoms with Crippen LogP contribution in [0, 0.1) is 0 Å². The summed E-state index contributed by atoms with van der Waals surface area (Å²) in [6, 6.07) is 12.8. The molecular formula is C23H33N3O3. The smallest absolute Gasteiger partial charge is 0.337 e. The van der Waals surface area contributed by atoms with Gasteiger partial charge in [0.15, 0.2) is 0 Å². The fourth-order valence-electron chi connectivity index (χ4n) is 2.89. The van der Waals surface area contributed by atoms with Crippen molar-refractivity contribution in [2.24, 2.45) is 0 Å². The molecule has 0 aliphatic carbocycles. The van der Waals surface area contributed by atoms with Gasteiger partial charge in [-0.15, -0.1) is 0 Å². The molecule has 1 aromatic carbocycles. The number of methoxy groups -OCH3 is 1. The Morgan fingerprint density at radius 3 is 2.07 bits per heavy atom. The van der Waals surface area contributed by atoms with Crippen molar-refractivity contribution in [3.05, 3.63) is 59.8 Å². The second kappa shape index (κ2) is 13.3. The Morgan fingerprint density at radius 2 is 1.55 bits per heavy atom. The van der Waals surface area contributed by atoms with Gasteiger partial charge in [-0.3, -0.25) is 4.79 Å². The quantitative estimate of drug-likeness (QED) is 0.732. The second-order valence-corrected chi connectivity index (χ2v) is 5.92. The number of pyridine rings is 1. The summed E-state index contributed by atoms with van der Waals surface area (Å²) in [7, 11) is 1.35. The first kappa shape index (κ1) is 24.1. The van der Waals surface area contributed by atoms with Gasteiger partial charge < -0.3 is 14.5 Å². The van der Waals surface area contributed by atoms with Crippen molar-refractivity contribution in [1.29, 1.82) is 0 Å². The minimum Gasteiger partial charge on any atom is -0.465 e. The molecule has 2 aromatic rings. The summed E-state index contributed by atoms with van der Waals surface area (Å²) in [5.41, 5.74) is 1.38. The van der Waals surface area contributed by atoms with E-state index in [4.69, 9.17) is 0 Å². The molecule has 158 valence electrons. The number of aromatic nitrogens is 1. The van der Waals surface area contributed by atoms with Crippen LogP contribution in [-0.4, -0.2) is 55.0 Å². The molecule has 0 saturated carbocycles. The number of carbonyl (C=O) groups is 2. The third-order valence-corrected chi connectivity index (χ3v) is 4.34. The van der Waals surface area contributed by atoms with E-state index in [1.165, 1.54) is 7.11 Å².